The Morgan fingerprint density at radius 1 is 1.04 bits per heavy atom. The van der Waals surface area contributed by atoms with E-state index in [-0.39, 0.29) is 0 Å². The van der Waals surface area contributed by atoms with E-state index in [1.807, 2.05) is 12.1 Å². The number of hydrogen-bond acceptors (Lipinski definition) is 3. The molecule has 5 heteroatoms. The van der Waals surface area contributed by atoms with Crippen LogP contribution in [-0.4, -0.2) is 38.6 Å². The van der Waals surface area contributed by atoms with E-state index in [0.29, 0.717) is 13.0 Å². The maximum atomic E-state index is 12.4. The van der Waals surface area contributed by atoms with Gasteiger partial charge in [0.1, 0.15) is 0 Å². The van der Waals surface area contributed by atoms with E-state index in [4.69, 9.17) is 0 Å². The Morgan fingerprint density at radius 3 is 2.40 bits per heavy atom. The summed E-state index contributed by atoms with van der Waals surface area (Å²) >= 11 is 0. The van der Waals surface area contributed by atoms with Gasteiger partial charge >= 0.3 is 0 Å². The first-order chi connectivity index (χ1) is 12.0. The molecule has 0 bridgehead atoms. The molecule has 4 nitrogen and oxygen atoms in total. The van der Waals surface area contributed by atoms with Crippen LogP contribution in [0.25, 0.3) is 0 Å². The highest BCUT2D eigenvalue weighted by Crippen LogP contribution is 2.37. The Hall–Kier alpha value is -1.85. The molecule has 1 saturated heterocycles. The van der Waals surface area contributed by atoms with Gasteiger partial charge in [-0.2, -0.15) is 0 Å². The summed E-state index contributed by atoms with van der Waals surface area (Å²) < 4.78 is 26.3. The third-order valence-corrected chi connectivity index (χ3v) is 6.54. The molecule has 25 heavy (non-hydrogen) atoms. The Bertz CT molecular complexity index is 886. The predicted molar refractivity (Wildman–Crippen MR) is 101 cm³/mol. The molecule has 0 radical (unpaired) electrons. The Balaban J connectivity index is 1.92. The van der Waals surface area contributed by atoms with Crippen molar-refractivity contribution in [1.82, 2.24) is 9.62 Å². The summed E-state index contributed by atoms with van der Waals surface area (Å²) in [6.07, 6.45) is 9.10. The second kappa shape index (κ2) is 6.46. The molecule has 0 saturated carbocycles. The van der Waals surface area contributed by atoms with Crippen LogP contribution in [0.4, 0.5) is 0 Å². The molecule has 1 fully saturated rings. The summed E-state index contributed by atoms with van der Waals surface area (Å²) in [4.78, 5) is 0. The highest BCUT2D eigenvalue weighted by atomic mass is 32.2. The Kier molecular flexibility index (Phi) is 4.29. The van der Waals surface area contributed by atoms with E-state index in [9.17, 15) is 8.42 Å². The molecule has 1 aliphatic carbocycles. The van der Waals surface area contributed by atoms with E-state index in [1.54, 1.807) is 4.31 Å². The first kappa shape index (κ1) is 16.6. The van der Waals surface area contributed by atoms with Crippen molar-refractivity contribution in [3.05, 3.63) is 70.0 Å². The van der Waals surface area contributed by atoms with Crippen LogP contribution < -0.4 is 5.32 Å². The van der Waals surface area contributed by atoms with Crippen molar-refractivity contribution >= 4 is 10.0 Å². The lowest BCUT2D eigenvalue weighted by Crippen LogP contribution is -2.33. The van der Waals surface area contributed by atoms with Crippen molar-refractivity contribution in [2.75, 3.05) is 25.9 Å². The molecule has 0 atom stereocenters. The maximum Gasteiger partial charge on any atom is 0.232 e. The van der Waals surface area contributed by atoms with Gasteiger partial charge in [0.05, 0.1) is 12.8 Å². The van der Waals surface area contributed by atoms with Gasteiger partial charge in [0.25, 0.3) is 0 Å². The van der Waals surface area contributed by atoms with E-state index < -0.39 is 10.0 Å². The topological polar surface area (TPSA) is 49.4 Å². The van der Waals surface area contributed by atoms with Crippen LogP contribution in [0, 0.1) is 0 Å². The SMILES string of the molecule is CS(=O)(=O)N1CC=CC2=C1Cc1ccccc1CC2=C1CCNCC1. The van der Waals surface area contributed by atoms with Crippen molar-refractivity contribution in [2.24, 2.45) is 0 Å². The molecule has 1 aromatic rings. The van der Waals surface area contributed by atoms with Crippen molar-refractivity contribution in [1.29, 1.82) is 0 Å². The van der Waals surface area contributed by atoms with Crippen molar-refractivity contribution in [3.8, 4) is 0 Å². The van der Waals surface area contributed by atoms with Gasteiger partial charge in [0, 0.05) is 12.1 Å². The lowest BCUT2D eigenvalue weighted by atomic mass is 9.88. The van der Waals surface area contributed by atoms with Gasteiger partial charge in [-0.15, -0.1) is 0 Å². The quantitative estimate of drug-likeness (QED) is 0.841. The van der Waals surface area contributed by atoms with Crippen LogP contribution >= 0.6 is 0 Å². The molecule has 3 aliphatic rings. The Labute approximate surface area is 150 Å². The highest BCUT2D eigenvalue weighted by molar-refractivity contribution is 7.88. The molecule has 1 aromatic carbocycles. The number of hydrogen-bond donors (Lipinski definition) is 1. The van der Waals surface area contributed by atoms with Gasteiger partial charge in [-0.1, -0.05) is 42.0 Å². The average Bonchev–Trinajstić information content (AvgIpc) is 2.78. The number of fused-ring (bicyclic) bond motifs is 1. The van der Waals surface area contributed by atoms with Gasteiger partial charge in [0.15, 0.2) is 0 Å². The van der Waals surface area contributed by atoms with E-state index in [0.717, 1.165) is 43.6 Å². The van der Waals surface area contributed by atoms with E-state index >= 15 is 0 Å². The summed E-state index contributed by atoms with van der Waals surface area (Å²) in [5.41, 5.74) is 7.44. The molecule has 0 amide bonds. The molecule has 4 rings (SSSR count). The fourth-order valence-electron chi connectivity index (χ4n) is 4.12. The van der Waals surface area contributed by atoms with Gasteiger partial charge in [-0.05, 0) is 54.6 Å². The zero-order chi connectivity index (χ0) is 17.4. The standard InChI is InChI=1S/C20H24N2O2S/c1-25(23,24)22-12-4-7-18-19(15-8-10-21-11-9-15)13-16-5-2-3-6-17(16)14-20(18)22/h2-7,21H,8-14H2,1H3. The van der Waals surface area contributed by atoms with Crippen LogP contribution in [0.1, 0.15) is 24.0 Å². The summed E-state index contributed by atoms with van der Waals surface area (Å²) in [6.45, 7) is 2.44. The molecular weight excluding hydrogens is 332 g/mol. The second-order valence-corrected chi connectivity index (χ2v) is 8.92. The molecule has 0 spiro atoms. The van der Waals surface area contributed by atoms with Crippen molar-refractivity contribution in [3.63, 3.8) is 0 Å². The van der Waals surface area contributed by atoms with Crippen LogP contribution in [0.15, 0.2) is 58.8 Å². The number of benzene rings is 1. The third kappa shape index (κ3) is 3.18. The summed E-state index contributed by atoms with van der Waals surface area (Å²) in [5.74, 6) is 0. The number of allylic oxidation sites excluding steroid dienone is 4. The van der Waals surface area contributed by atoms with Gasteiger partial charge < -0.3 is 5.32 Å². The van der Waals surface area contributed by atoms with E-state index in [2.05, 4.69) is 29.6 Å². The summed E-state index contributed by atoms with van der Waals surface area (Å²) in [7, 11) is -3.28. The summed E-state index contributed by atoms with van der Waals surface area (Å²) in [5, 5.41) is 3.42. The highest BCUT2D eigenvalue weighted by Gasteiger charge is 2.29. The lowest BCUT2D eigenvalue weighted by molar-refractivity contribution is 0.496. The minimum absolute atomic E-state index is 0.435. The molecule has 132 valence electrons. The van der Waals surface area contributed by atoms with Crippen molar-refractivity contribution in [2.45, 2.75) is 25.7 Å². The first-order valence-electron chi connectivity index (χ1n) is 8.90. The normalized spacial score (nSPS) is 21.1. The number of nitrogens with one attached hydrogen (secondary N) is 1. The zero-order valence-corrected chi connectivity index (χ0v) is 15.4. The van der Waals surface area contributed by atoms with Crippen LogP contribution in [0.2, 0.25) is 0 Å². The average molecular weight is 356 g/mol. The maximum absolute atomic E-state index is 12.4. The number of sulfonamides is 1. The molecule has 1 N–H and O–H groups in total. The smallest absolute Gasteiger partial charge is 0.232 e. The number of piperidine rings is 1. The molecule has 2 aliphatic heterocycles. The van der Waals surface area contributed by atoms with E-state index in [1.165, 1.54) is 28.5 Å². The largest absolute Gasteiger partial charge is 0.316 e. The van der Waals surface area contributed by atoms with Crippen LogP contribution in [-0.2, 0) is 22.9 Å². The third-order valence-electron chi connectivity index (χ3n) is 5.37. The monoisotopic (exact) mass is 356 g/mol. The number of rotatable bonds is 1. The minimum atomic E-state index is -3.28. The fourth-order valence-corrected chi connectivity index (χ4v) is 5.04. The summed E-state index contributed by atoms with van der Waals surface area (Å²) in [6, 6.07) is 8.45. The Morgan fingerprint density at radius 2 is 1.72 bits per heavy atom. The van der Waals surface area contributed by atoms with Crippen molar-refractivity contribution < 1.29 is 8.42 Å². The number of nitrogens with zero attached hydrogens (tertiary/aromatic N) is 1. The lowest BCUT2D eigenvalue weighted by Gasteiger charge is -2.30. The van der Waals surface area contributed by atoms with Crippen LogP contribution in [0.5, 0.6) is 0 Å². The minimum Gasteiger partial charge on any atom is -0.316 e. The first-order valence-corrected chi connectivity index (χ1v) is 10.7. The molecule has 0 aromatic heterocycles. The molecular formula is C20H24N2O2S. The van der Waals surface area contributed by atoms with Crippen LogP contribution in [0.3, 0.4) is 0 Å². The zero-order valence-electron chi connectivity index (χ0n) is 14.6. The predicted octanol–water partition coefficient (Wildman–Crippen LogP) is 2.55. The van der Waals surface area contributed by atoms with Gasteiger partial charge in [-0.25, -0.2) is 8.42 Å². The molecule has 0 unspecified atom stereocenters. The van der Waals surface area contributed by atoms with Gasteiger partial charge in [0.2, 0.25) is 10.0 Å². The fraction of sp³-hybridized carbons (Fsp3) is 0.400. The second-order valence-electron chi connectivity index (χ2n) is 7.01. The van der Waals surface area contributed by atoms with Gasteiger partial charge in [-0.3, -0.25) is 4.31 Å². The molecule has 2 heterocycles.